The van der Waals surface area contributed by atoms with Crippen LogP contribution in [0.25, 0.3) is 11.3 Å². The van der Waals surface area contributed by atoms with Crippen LogP contribution in [0.5, 0.6) is 0 Å². The first-order valence-corrected chi connectivity index (χ1v) is 13.6. The molecule has 10 heteroatoms. The Morgan fingerprint density at radius 3 is 2.43 bits per heavy atom. The number of piperazine rings is 2. The second kappa shape index (κ2) is 11.4. The molecular formula is C27H32Cl2FN7. The van der Waals surface area contributed by atoms with Crippen LogP contribution in [0.2, 0.25) is 10.0 Å². The van der Waals surface area contributed by atoms with E-state index in [1.807, 2.05) is 18.2 Å². The Hall–Kier alpha value is -2.68. The molecule has 1 aromatic carbocycles. The minimum Gasteiger partial charge on any atom is -0.352 e. The van der Waals surface area contributed by atoms with Gasteiger partial charge in [0.1, 0.15) is 17.5 Å². The largest absolute Gasteiger partial charge is 0.352 e. The summed E-state index contributed by atoms with van der Waals surface area (Å²) in [6.45, 7) is 11.5. The van der Waals surface area contributed by atoms with Crippen LogP contribution < -0.4 is 14.7 Å². The lowest BCUT2D eigenvalue weighted by atomic mass is 10.1. The normalized spacial score (nSPS) is 18.9. The molecule has 37 heavy (non-hydrogen) atoms. The van der Waals surface area contributed by atoms with E-state index in [2.05, 4.69) is 38.4 Å². The zero-order chi connectivity index (χ0) is 25.9. The van der Waals surface area contributed by atoms with Gasteiger partial charge in [0.05, 0.1) is 15.7 Å². The van der Waals surface area contributed by atoms with Gasteiger partial charge in [0.2, 0.25) is 5.95 Å². The van der Waals surface area contributed by atoms with E-state index in [1.165, 1.54) is 6.07 Å². The van der Waals surface area contributed by atoms with Crippen LogP contribution in [0.1, 0.15) is 20.3 Å². The molecule has 2 saturated heterocycles. The lowest BCUT2D eigenvalue weighted by molar-refractivity contribution is 0.257. The van der Waals surface area contributed by atoms with Crippen molar-refractivity contribution in [2.45, 2.75) is 26.3 Å². The molecule has 0 radical (unpaired) electrons. The number of benzene rings is 1. The predicted molar refractivity (Wildman–Crippen MR) is 150 cm³/mol. The second-order valence-electron chi connectivity index (χ2n) is 9.67. The average molecular weight is 545 g/mol. The number of hydrogen-bond donors (Lipinski definition) is 0. The highest BCUT2D eigenvalue weighted by atomic mass is 35.5. The first-order chi connectivity index (χ1) is 17.9. The van der Waals surface area contributed by atoms with Gasteiger partial charge in [0.15, 0.2) is 0 Å². The summed E-state index contributed by atoms with van der Waals surface area (Å²) >= 11 is 12.6. The van der Waals surface area contributed by atoms with E-state index >= 15 is 0 Å². The number of rotatable bonds is 6. The molecule has 0 N–H and O–H groups in total. The minimum absolute atomic E-state index is 0.0848. The molecule has 0 amide bonds. The van der Waals surface area contributed by atoms with E-state index in [0.29, 0.717) is 11.0 Å². The van der Waals surface area contributed by atoms with Crippen molar-refractivity contribution >= 4 is 40.8 Å². The topological polar surface area (TPSA) is 51.6 Å². The van der Waals surface area contributed by atoms with Crippen LogP contribution in [0.4, 0.5) is 22.0 Å². The fourth-order valence-electron chi connectivity index (χ4n) is 5.10. The summed E-state index contributed by atoms with van der Waals surface area (Å²) in [4.78, 5) is 23.7. The molecule has 7 nitrogen and oxygen atoms in total. The number of nitrogens with zero attached hydrogens (tertiary/aromatic N) is 7. The Morgan fingerprint density at radius 2 is 1.73 bits per heavy atom. The molecule has 1 atom stereocenters. The van der Waals surface area contributed by atoms with Gasteiger partial charge in [-0.15, -0.1) is 0 Å². The molecule has 2 fully saturated rings. The van der Waals surface area contributed by atoms with Gasteiger partial charge in [0, 0.05) is 69.7 Å². The second-order valence-corrected chi connectivity index (χ2v) is 10.5. The first kappa shape index (κ1) is 25.9. The van der Waals surface area contributed by atoms with E-state index in [1.54, 1.807) is 18.3 Å². The van der Waals surface area contributed by atoms with Crippen molar-refractivity contribution in [3.8, 4) is 11.3 Å². The average Bonchev–Trinajstić information content (AvgIpc) is 2.91. The monoisotopic (exact) mass is 543 g/mol. The van der Waals surface area contributed by atoms with Crippen LogP contribution in [0.15, 0.2) is 42.6 Å². The SMILES string of the molecule is CCCN1CCN(c2nc(-c3ccc(F)c(Cl)c3)cc(N3CCN(c4ncccc4Cl)C[C@H]3C)n2)CC1. The predicted octanol–water partition coefficient (Wildman–Crippen LogP) is 5.23. The van der Waals surface area contributed by atoms with E-state index in [4.69, 9.17) is 33.2 Å². The molecule has 2 aromatic heterocycles. The number of halogens is 3. The first-order valence-electron chi connectivity index (χ1n) is 12.9. The molecule has 3 aromatic rings. The number of aromatic nitrogens is 3. The van der Waals surface area contributed by atoms with Crippen LogP contribution in [0, 0.1) is 5.82 Å². The Morgan fingerprint density at radius 1 is 0.946 bits per heavy atom. The van der Waals surface area contributed by atoms with Gasteiger partial charge >= 0.3 is 0 Å². The number of anilines is 3. The summed E-state index contributed by atoms with van der Waals surface area (Å²) in [5.41, 5.74) is 1.51. The summed E-state index contributed by atoms with van der Waals surface area (Å²) < 4.78 is 13.9. The number of pyridine rings is 1. The third kappa shape index (κ3) is 5.76. The van der Waals surface area contributed by atoms with Crippen molar-refractivity contribution in [2.24, 2.45) is 0 Å². The molecule has 4 heterocycles. The maximum Gasteiger partial charge on any atom is 0.227 e. The van der Waals surface area contributed by atoms with Crippen LogP contribution in [-0.2, 0) is 0 Å². The fraction of sp³-hybridized carbons (Fsp3) is 0.444. The number of hydrogen-bond acceptors (Lipinski definition) is 7. The van der Waals surface area contributed by atoms with Gasteiger partial charge in [-0.2, -0.15) is 4.98 Å². The minimum atomic E-state index is -0.440. The van der Waals surface area contributed by atoms with Crippen LogP contribution in [0.3, 0.4) is 0 Å². The molecule has 2 aliphatic heterocycles. The quantitative estimate of drug-likeness (QED) is 0.421. The van der Waals surface area contributed by atoms with E-state index in [-0.39, 0.29) is 11.1 Å². The molecule has 0 spiro atoms. The lowest BCUT2D eigenvalue weighted by Crippen LogP contribution is -2.53. The van der Waals surface area contributed by atoms with Crippen LogP contribution in [-0.4, -0.2) is 78.3 Å². The molecule has 0 aliphatic carbocycles. The summed E-state index contributed by atoms with van der Waals surface area (Å²) in [5, 5.41) is 0.742. The lowest BCUT2D eigenvalue weighted by Gasteiger charge is -2.41. The zero-order valence-corrected chi connectivity index (χ0v) is 22.8. The van der Waals surface area contributed by atoms with Crippen molar-refractivity contribution in [1.82, 2.24) is 19.9 Å². The molecule has 0 bridgehead atoms. The highest BCUT2D eigenvalue weighted by Gasteiger charge is 2.28. The van der Waals surface area contributed by atoms with Crippen molar-refractivity contribution in [2.75, 3.05) is 67.1 Å². The molecule has 0 saturated carbocycles. The van der Waals surface area contributed by atoms with E-state index in [0.717, 1.165) is 81.7 Å². The fourth-order valence-corrected chi connectivity index (χ4v) is 5.52. The maximum absolute atomic E-state index is 13.9. The smallest absolute Gasteiger partial charge is 0.227 e. The zero-order valence-electron chi connectivity index (χ0n) is 21.2. The summed E-state index contributed by atoms with van der Waals surface area (Å²) in [6, 6.07) is 10.6. The standard InChI is InChI=1S/C27H32Cl2FN7/c1-3-9-34-10-12-35(13-11-34)27-32-24(20-6-7-23(30)22(29)16-20)17-25(33-27)37-15-14-36(18-19(37)2)26-21(28)5-4-8-31-26/h4-8,16-17,19H,3,9-15,18H2,1-2H3/t19-/m1/s1. The maximum atomic E-state index is 13.9. The Balaban J connectivity index is 1.44. The van der Waals surface area contributed by atoms with Gasteiger partial charge in [0.25, 0.3) is 0 Å². The van der Waals surface area contributed by atoms with Crippen LogP contribution >= 0.6 is 23.2 Å². The molecular weight excluding hydrogens is 512 g/mol. The molecule has 2 aliphatic rings. The Labute approximate surface area is 227 Å². The van der Waals surface area contributed by atoms with E-state index in [9.17, 15) is 4.39 Å². The van der Waals surface area contributed by atoms with Crippen molar-refractivity contribution in [1.29, 1.82) is 0 Å². The van der Waals surface area contributed by atoms with Crippen molar-refractivity contribution in [3.63, 3.8) is 0 Å². The molecule has 0 unspecified atom stereocenters. The summed E-state index contributed by atoms with van der Waals surface area (Å²) in [5.74, 6) is 1.93. The van der Waals surface area contributed by atoms with Crippen molar-refractivity contribution in [3.05, 3.63) is 58.5 Å². The molecule has 196 valence electrons. The van der Waals surface area contributed by atoms with Gasteiger partial charge < -0.3 is 14.7 Å². The van der Waals surface area contributed by atoms with Gasteiger partial charge in [-0.25, -0.2) is 14.4 Å². The summed E-state index contributed by atoms with van der Waals surface area (Å²) in [7, 11) is 0. The van der Waals surface area contributed by atoms with Crippen molar-refractivity contribution < 1.29 is 4.39 Å². The Kier molecular flexibility index (Phi) is 7.98. The third-order valence-electron chi connectivity index (χ3n) is 7.07. The highest BCUT2D eigenvalue weighted by Crippen LogP contribution is 2.31. The summed E-state index contributed by atoms with van der Waals surface area (Å²) in [6.07, 6.45) is 2.92. The Bertz CT molecular complexity index is 1240. The van der Waals surface area contributed by atoms with Gasteiger partial charge in [-0.3, -0.25) is 4.90 Å². The molecule has 5 rings (SSSR count). The van der Waals surface area contributed by atoms with Gasteiger partial charge in [-0.05, 0) is 50.2 Å². The highest BCUT2D eigenvalue weighted by molar-refractivity contribution is 6.33. The third-order valence-corrected chi connectivity index (χ3v) is 7.66. The van der Waals surface area contributed by atoms with E-state index < -0.39 is 5.82 Å². The van der Waals surface area contributed by atoms with Gasteiger partial charge in [-0.1, -0.05) is 30.1 Å².